The van der Waals surface area contributed by atoms with Crippen molar-refractivity contribution in [3.63, 3.8) is 0 Å². The van der Waals surface area contributed by atoms with Gasteiger partial charge in [0.2, 0.25) is 5.91 Å². The molecule has 0 radical (unpaired) electrons. The second-order valence-corrected chi connectivity index (χ2v) is 28.6. The summed E-state index contributed by atoms with van der Waals surface area (Å²) < 4.78 is 115. The van der Waals surface area contributed by atoms with Crippen molar-refractivity contribution in [3.8, 4) is 0 Å². The van der Waals surface area contributed by atoms with E-state index in [-0.39, 0.29) is 44.9 Å². The summed E-state index contributed by atoms with van der Waals surface area (Å²) in [5.41, 5.74) is 0.137. The molecule has 16 unspecified atom stereocenters. The summed E-state index contributed by atoms with van der Waals surface area (Å²) in [7, 11) is 0. The van der Waals surface area contributed by atoms with E-state index in [0.717, 1.165) is 6.42 Å². The van der Waals surface area contributed by atoms with Gasteiger partial charge in [0.25, 0.3) is 0 Å². The molecule has 30 fully saturated rings. The molecule has 45 heteroatoms. The first-order valence-corrected chi connectivity index (χ1v) is 35.6. The lowest BCUT2D eigenvalue weighted by Crippen LogP contribution is -2.69. The average molecular weight is 1580 g/mol. The van der Waals surface area contributed by atoms with Crippen LogP contribution < -0.4 is 5.32 Å². The highest BCUT2D eigenvalue weighted by Gasteiger charge is 2.60. The number of carbonyl (C=O) groups excluding carboxylic acids is 1. The maximum atomic E-state index is 13.4. The lowest BCUT2D eigenvalue weighted by Gasteiger charge is -2.50. The van der Waals surface area contributed by atoms with E-state index in [2.05, 4.69) is 26.1 Å². The minimum absolute atomic E-state index is 0.0562. The Hall–Kier alpha value is -2.25. The summed E-state index contributed by atoms with van der Waals surface area (Å²) in [6.07, 6.45) is -82.7. The highest BCUT2D eigenvalue weighted by atomic mass is 16.8. The summed E-state index contributed by atoms with van der Waals surface area (Å²) in [6.45, 7) is -0.140. The van der Waals surface area contributed by atoms with Crippen molar-refractivity contribution < 1.29 is 217 Å². The molecule has 0 aliphatic carbocycles. The van der Waals surface area contributed by atoms with Gasteiger partial charge in [-0.2, -0.15) is 0 Å². The van der Waals surface area contributed by atoms with Gasteiger partial charge in [-0.05, 0) is 11.8 Å². The quantitative estimate of drug-likeness (QED) is 0.0422. The van der Waals surface area contributed by atoms with Gasteiger partial charge in [-0.3, -0.25) is 4.79 Å². The molecule has 0 spiro atoms. The molecule has 1 amide bonds. The van der Waals surface area contributed by atoms with Crippen LogP contribution in [0.5, 0.6) is 0 Å². The lowest BCUT2D eigenvalue weighted by atomic mass is 9.93. The molecule has 0 saturated carbocycles. The summed E-state index contributed by atoms with van der Waals surface area (Å²) >= 11 is 0. The second-order valence-electron chi connectivity index (χ2n) is 28.6. The third-order valence-corrected chi connectivity index (χ3v) is 19.8. The first kappa shape index (κ1) is 89.7. The Bertz CT molecular complexity index is 2620. The molecule has 30 saturated heterocycles. The second kappa shape index (κ2) is 41.0. The molecule has 30 aliphatic heterocycles. The van der Waals surface area contributed by atoms with Gasteiger partial charge in [-0.15, -0.1) is 0 Å². The van der Waals surface area contributed by atoms with E-state index in [4.69, 9.17) is 94.7 Å². The Morgan fingerprint density at radius 3 is 0.630 bits per heavy atom. The average Bonchev–Trinajstić information content (AvgIpc) is 0.775. The van der Waals surface area contributed by atoms with Crippen LogP contribution in [0.2, 0.25) is 0 Å². The third-order valence-electron chi connectivity index (χ3n) is 19.8. The summed E-state index contributed by atoms with van der Waals surface area (Å²) in [6, 6.07) is 0. The van der Waals surface area contributed by atoms with Crippen molar-refractivity contribution in [2.24, 2.45) is 5.41 Å². The van der Waals surface area contributed by atoms with Crippen LogP contribution in [0, 0.1) is 5.41 Å². The van der Waals surface area contributed by atoms with Crippen molar-refractivity contribution >= 4 is 5.91 Å². The molecular formula is C63H109NO44. The van der Waals surface area contributed by atoms with Crippen LogP contribution >= 0.6 is 0 Å². The summed E-state index contributed by atoms with van der Waals surface area (Å²) in [4.78, 5) is 13.4. The van der Waals surface area contributed by atoms with E-state index >= 15 is 0 Å². The Morgan fingerprint density at radius 1 is 0.259 bits per heavy atom. The standard InChI is InChI=1S/C63H109NO44/c1-63(2,3)5-7-90-9-11-92-13-12-91-10-8-89-6-4-30(72)64-14-22-47-31(73)39(81)55(93-22)102-48-23(15-65)95-57(41(83)33(48)75)104-50-25(17-67)97-59(43(85)35(50)77)106-52-27(19-69)99-61(45(87)37(52)79)108-54-29(21-71)100-62(46(88)38(54)80)107-53-28(20-70)98-60(44(86)36(53)78)105-51-26(18-68)96-58(42(84)34(51)76)103-49-24(16-66)94-56(101-47)40(82)32(49)74/h22-29,31-62,65-71,73-88H,4-21H2,1-3H3,(H,64,72)/t22?,23?,24?,25?,26?,27?,28?,29?,31-,32-,33-,34-,35-,36-,37-,38-,39?,40?,41?,42?,43?,44?,45?,46?,47+,48-,49-,50-,51-,52-,53-,54-,55-,56-,57-,58-,59-,60+,61-,62-/m1/s1. The van der Waals surface area contributed by atoms with Crippen LogP contribution in [0.1, 0.15) is 33.6 Å². The zero-order chi connectivity index (χ0) is 78.7. The monoisotopic (exact) mass is 1580 g/mol. The van der Waals surface area contributed by atoms with E-state index in [0.29, 0.717) is 19.8 Å². The van der Waals surface area contributed by atoms with Crippen molar-refractivity contribution in [1.82, 2.24) is 5.32 Å². The van der Waals surface area contributed by atoms with Crippen LogP contribution in [-0.2, 0) is 99.5 Å². The maximum Gasteiger partial charge on any atom is 0.222 e. The highest BCUT2D eigenvalue weighted by Crippen LogP contribution is 2.40. The van der Waals surface area contributed by atoms with Crippen molar-refractivity contribution in [3.05, 3.63) is 0 Å². The molecule has 0 aromatic heterocycles. The zero-order valence-electron chi connectivity index (χ0n) is 59.2. The minimum atomic E-state index is -2.31. The normalized spacial score (nSPS) is 47.4. The van der Waals surface area contributed by atoms with E-state index in [9.17, 15) is 122 Å². The van der Waals surface area contributed by atoms with Crippen LogP contribution in [-0.4, -0.2) is 475 Å². The Labute approximate surface area is 617 Å². The van der Waals surface area contributed by atoms with Gasteiger partial charge in [0, 0.05) is 19.6 Å². The number of hydrogen-bond acceptors (Lipinski definition) is 44. The number of hydrogen-bond donors (Lipinski definition) is 24. The summed E-state index contributed by atoms with van der Waals surface area (Å²) in [5, 5.41) is 262. The molecule has 45 nitrogen and oxygen atoms in total. The minimum Gasteiger partial charge on any atom is -0.394 e. The fourth-order valence-electron chi connectivity index (χ4n) is 13.5. The smallest absolute Gasteiger partial charge is 0.222 e. The number of rotatable bonds is 23. The molecule has 30 rings (SSSR count). The van der Waals surface area contributed by atoms with Crippen LogP contribution in [0.4, 0.5) is 0 Å². The number of amides is 1. The Balaban J connectivity index is 0.935. The van der Waals surface area contributed by atoms with Crippen LogP contribution in [0.25, 0.3) is 0 Å². The molecular weight excluding hydrogens is 1470 g/mol. The molecule has 30 heterocycles. The number of aliphatic hydroxyl groups is 23. The largest absolute Gasteiger partial charge is 0.394 e. The Morgan fingerprint density at radius 2 is 0.435 bits per heavy atom. The van der Waals surface area contributed by atoms with Gasteiger partial charge in [0.05, 0.1) is 92.5 Å². The molecule has 0 aromatic carbocycles. The van der Waals surface area contributed by atoms with Gasteiger partial charge in [-0.1, -0.05) is 20.8 Å². The molecule has 16 bridgehead atoms. The molecule has 24 N–H and O–H groups in total. The predicted molar refractivity (Wildman–Crippen MR) is 339 cm³/mol. The first-order valence-electron chi connectivity index (χ1n) is 35.6. The first-order chi connectivity index (χ1) is 51.4. The highest BCUT2D eigenvalue weighted by molar-refractivity contribution is 5.76. The molecule has 630 valence electrons. The fraction of sp³-hybridized carbons (Fsp3) is 0.984. The van der Waals surface area contributed by atoms with Crippen molar-refractivity contribution in [2.75, 3.05) is 106 Å². The summed E-state index contributed by atoms with van der Waals surface area (Å²) in [5.74, 6) is -0.711. The van der Waals surface area contributed by atoms with Gasteiger partial charge < -0.3 is 218 Å². The number of nitrogens with one attached hydrogen (secondary N) is 1. The topological polar surface area (TPSA) is 679 Å². The van der Waals surface area contributed by atoms with Crippen molar-refractivity contribution in [2.45, 2.75) is 279 Å². The number of aliphatic hydroxyl groups excluding tert-OH is 23. The van der Waals surface area contributed by atoms with Gasteiger partial charge in [0.15, 0.2) is 50.3 Å². The van der Waals surface area contributed by atoms with Crippen LogP contribution in [0.15, 0.2) is 0 Å². The van der Waals surface area contributed by atoms with E-state index in [1.807, 2.05) is 0 Å². The number of ether oxygens (including phenoxy) is 20. The lowest BCUT2D eigenvalue weighted by molar-refractivity contribution is -0.403. The van der Waals surface area contributed by atoms with Gasteiger partial charge in [0.1, 0.15) is 195 Å². The van der Waals surface area contributed by atoms with Crippen LogP contribution in [0.3, 0.4) is 0 Å². The van der Waals surface area contributed by atoms with E-state index in [1.54, 1.807) is 0 Å². The third kappa shape index (κ3) is 21.3. The zero-order valence-corrected chi connectivity index (χ0v) is 59.2. The van der Waals surface area contributed by atoms with Crippen molar-refractivity contribution in [1.29, 1.82) is 0 Å². The molecule has 40 atom stereocenters. The maximum absolute atomic E-state index is 13.4. The molecule has 108 heavy (non-hydrogen) atoms. The van der Waals surface area contributed by atoms with E-state index < -0.39 is 304 Å². The van der Waals surface area contributed by atoms with Gasteiger partial charge in [-0.25, -0.2) is 0 Å². The Kier molecular flexibility index (Phi) is 34.1. The van der Waals surface area contributed by atoms with E-state index in [1.165, 1.54) is 0 Å². The fourth-order valence-corrected chi connectivity index (χ4v) is 13.5. The predicted octanol–water partition coefficient (Wildman–Crippen LogP) is -15.4. The number of carbonyl (C=O) groups is 1. The molecule has 30 aliphatic rings. The SMILES string of the molecule is CC(C)(C)CCOCCOCCOCCOCCC(=O)NCC1O[C@@H]2O[C@@H]3C(CO)O[C@H](O[C@@H]4C(CO)O[C@H](O[C@@H]5C(CO)O[C@H](O[C@@H]6C(CO)O[C@H](O[C@@H]7C(CO)O[C@@H](O[C@@H]8C(CO)O[C@H](O[C@@H]9C(CO)O[C@H](O[C@@H]1[C@H](O)C2O)C(O)[C@H]9O)C(O)[C@H]8O)C(O)[C@H]7O)C(O)[C@H]6O)C(O)[C@H]5O)C(O)[C@H]4O)C(O)[C@H]3O. The molecule has 0 aromatic rings. The van der Waals surface area contributed by atoms with Gasteiger partial charge >= 0.3 is 0 Å².